The van der Waals surface area contributed by atoms with Gasteiger partial charge in [0.05, 0.1) is 42.6 Å². The largest absolute Gasteiger partial charge is 0.494 e. The Morgan fingerprint density at radius 1 is 0.273 bits per heavy atom. The molecule has 0 unspecified atom stereocenters. The van der Waals surface area contributed by atoms with Crippen LogP contribution in [0.4, 0.5) is 5.69 Å². The first-order chi connectivity index (χ1) is 43.5. The summed E-state index contributed by atoms with van der Waals surface area (Å²) >= 11 is 0. The summed E-state index contributed by atoms with van der Waals surface area (Å²) in [4.78, 5) is 19.0. The van der Waals surface area contributed by atoms with Crippen molar-refractivity contribution in [3.05, 3.63) is 144 Å². The number of fused-ring (bicyclic) bond motifs is 8. The van der Waals surface area contributed by atoms with Crippen molar-refractivity contribution in [3.63, 3.8) is 0 Å². The SMILES string of the molecule is CCCCCCCCCCCCOc1ccc(-c2c3nc(c(-c4ccc(OCCCCCCCCCCCC)cc4)c4ccc([nH]4)c(-c4ccc(OCCCCCCCCCCCC)cc4)c4nc(c(-c5ccc(N)cc5)c5ccc2[nH]5)C=C4)C=C3)cc1. The molecule has 2 aliphatic heterocycles. The molecule has 0 spiro atoms. The Morgan fingerprint density at radius 2 is 0.489 bits per heavy atom. The fraction of sp³-hybridized carbons (Fsp3) is 0.450. The van der Waals surface area contributed by atoms with Gasteiger partial charge in [-0.15, -0.1) is 0 Å². The Kier molecular flexibility index (Phi) is 26.8. The smallest absolute Gasteiger partial charge is 0.119 e. The lowest BCUT2D eigenvalue weighted by molar-refractivity contribution is 0.304. The molecule has 8 nitrogen and oxygen atoms in total. The average Bonchev–Trinajstić information content (AvgIpc) is 1.78. The van der Waals surface area contributed by atoms with Gasteiger partial charge in [0.2, 0.25) is 0 Å². The van der Waals surface area contributed by atoms with Crippen LogP contribution in [0.5, 0.6) is 17.2 Å². The number of benzene rings is 4. The number of unbranched alkanes of at least 4 members (excludes halogenated alkanes) is 27. The fourth-order valence-electron chi connectivity index (χ4n) is 12.6. The molecule has 8 bridgehead atoms. The van der Waals surface area contributed by atoms with Gasteiger partial charge in [0, 0.05) is 50.0 Å². The highest BCUT2D eigenvalue weighted by molar-refractivity contribution is 6.00. The molecule has 7 aromatic rings. The highest BCUT2D eigenvalue weighted by atomic mass is 16.5. The molecule has 4 aromatic carbocycles. The van der Waals surface area contributed by atoms with E-state index in [2.05, 4.69) is 164 Å². The third kappa shape index (κ3) is 19.6. The van der Waals surface area contributed by atoms with Crippen LogP contribution in [0.2, 0.25) is 0 Å². The monoisotopic (exact) mass is 1180 g/mol. The molecule has 88 heavy (non-hydrogen) atoms. The molecular formula is C80H103N5O3. The number of rotatable bonds is 40. The molecule has 0 saturated carbocycles. The minimum Gasteiger partial charge on any atom is -0.494 e. The van der Waals surface area contributed by atoms with E-state index in [1.807, 2.05) is 12.1 Å². The van der Waals surface area contributed by atoms with Gasteiger partial charge in [0.15, 0.2) is 0 Å². The number of nitrogens with one attached hydrogen (secondary N) is 2. The molecule has 3 aromatic heterocycles. The van der Waals surface area contributed by atoms with Crippen LogP contribution in [-0.2, 0) is 0 Å². The summed E-state index contributed by atoms with van der Waals surface area (Å²) in [6.07, 6.45) is 47.6. The predicted molar refractivity (Wildman–Crippen MR) is 377 cm³/mol. The van der Waals surface area contributed by atoms with Crippen LogP contribution < -0.4 is 19.9 Å². The molecule has 0 fully saturated rings. The maximum absolute atomic E-state index is 6.39. The summed E-state index contributed by atoms with van der Waals surface area (Å²) in [6, 6.07) is 42.6. The van der Waals surface area contributed by atoms with Crippen molar-refractivity contribution in [1.29, 1.82) is 0 Å². The van der Waals surface area contributed by atoms with Gasteiger partial charge in [-0.05, 0) is 139 Å². The van der Waals surface area contributed by atoms with Gasteiger partial charge in [-0.1, -0.05) is 243 Å². The summed E-state index contributed by atoms with van der Waals surface area (Å²) in [7, 11) is 0. The quantitative estimate of drug-likeness (QED) is 0.0261. The van der Waals surface area contributed by atoms with E-state index in [4.69, 9.17) is 29.9 Å². The van der Waals surface area contributed by atoms with Crippen LogP contribution in [0.1, 0.15) is 236 Å². The number of aromatic amines is 2. The summed E-state index contributed by atoms with van der Waals surface area (Å²) in [6.45, 7) is 9.00. The number of H-pyrrole nitrogens is 2. The highest BCUT2D eigenvalue weighted by Crippen LogP contribution is 2.40. The fourth-order valence-corrected chi connectivity index (χ4v) is 12.6. The summed E-state index contributed by atoms with van der Waals surface area (Å²) in [5.41, 5.74) is 22.4. The molecule has 9 rings (SSSR count). The average molecular weight is 1180 g/mol. The van der Waals surface area contributed by atoms with E-state index in [1.54, 1.807) is 0 Å². The molecule has 4 N–H and O–H groups in total. The number of aromatic nitrogens is 4. The van der Waals surface area contributed by atoms with Crippen LogP contribution >= 0.6 is 0 Å². The Labute approximate surface area is 528 Å². The van der Waals surface area contributed by atoms with E-state index in [9.17, 15) is 0 Å². The summed E-state index contributed by atoms with van der Waals surface area (Å²) < 4.78 is 19.1. The van der Waals surface area contributed by atoms with Crippen molar-refractivity contribution < 1.29 is 14.2 Å². The Morgan fingerprint density at radius 3 is 0.727 bits per heavy atom. The van der Waals surface area contributed by atoms with Crippen molar-refractivity contribution in [1.82, 2.24) is 19.9 Å². The standard InChI is InChI=1S/C80H103N5O3/c1-4-7-10-13-16-19-22-25-28-31-58-86-66-44-36-62(37-45-66)78-71-52-50-69(82-71)77(61-34-42-65(81)43-35-61)70-51-53-72(83-70)79(63-38-46-67(47-39-63)87-59-32-29-26-23-20-17-14-11-8-5-2)74-55-57-76(85-74)80(75-56-54-73(78)84-75)64-40-48-68(49-41-64)88-60-33-30-27-24-21-18-15-12-9-6-3/h34-57,82,85H,4-33,58-60,81H2,1-3H3. The first-order valence-corrected chi connectivity index (χ1v) is 34.7. The van der Waals surface area contributed by atoms with Crippen LogP contribution in [0, 0.1) is 0 Å². The van der Waals surface area contributed by atoms with E-state index in [1.165, 1.54) is 173 Å². The van der Waals surface area contributed by atoms with E-state index < -0.39 is 0 Å². The highest BCUT2D eigenvalue weighted by Gasteiger charge is 2.20. The van der Waals surface area contributed by atoms with Crippen LogP contribution in [0.3, 0.4) is 0 Å². The molecule has 0 atom stereocenters. The van der Waals surface area contributed by atoms with Crippen molar-refractivity contribution in [2.75, 3.05) is 25.6 Å². The minimum atomic E-state index is 0.708. The maximum Gasteiger partial charge on any atom is 0.119 e. The molecule has 8 heteroatoms. The number of hydrogen-bond donors (Lipinski definition) is 3. The zero-order valence-corrected chi connectivity index (χ0v) is 53.9. The molecule has 0 amide bonds. The van der Waals surface area contributed by atoms with Gasteiger partial charge in [-0.25, -0.2) is 9.97 Å². The lowest BCUT2D eigenvalue weighted by atomic mass is 10.0. The minimum absolute atomic E-state index is 0.708. The van der Waals surface area contributed by atoms with Gasteiger partial charge in [-0.3, -0.25) is 0 Å². The van der Waals surface area contributed by atoms with Crippen LogP contribution in [0.25, 0.3) is 90.9 Å². The number of nitrogens with zero attached hydrogens (tertiary/aromatic N) is 2. The van der Waals surface area contributed by atoms with Crippen molar-refractivity contribution >= 4 is 52.1 Å². The predicted octanol–water partition coefficient (Wildman–Crippen LogP) is 23.8. The van der Waals surface area contributed by atoms with Gasteiger partial charge in [-0.2, -0.15) is 0 Å². The van der Waals surface area contributed by atoms with Gasteiger partial charge >= 0.3 is 0 Å². The molecular weight excluding hydrogens is 1080 g/mol. The Bertz CT molecular complexity index is 3340. The van der Waals surface area contributed by atoms with Crippen molar-refractivity contribution in [3.8, 4) is 61.8 Å². The first kappa shape index (κ1) is 65.1. The topological polar surface area (TPSA) is 111 Å². The summed E-state index contributed by atoms with van der Waals surface area (Å²) in [5, 5.41) is 0. The number of anilines is 1. The van der Waals surface area contributed by atoms with E-state index in [0.29, 0.717) is 25.5 Å². The van der Waals surface area contributed by atoms with Crippen molar-refractivity contribution in [2.45, 2.75) is 213 Å². The number of nitrogen functional groups attached to an aromatic ring is 1. The number of ether oxygens (including phenoxy) is 3. The van der Waals surface area contributed by atoms with Crippen molar-refractivity contribution in [2.24, 2.45) is 0 Å². The second-order valence-electron chi connectivity index (χ2n) is 24.8. The summed E-state index contributed by atoms with van der Waals surface area (Å²) in [5.74, 6) is 2.64. The molecule has 5 heterocycles. The second kappa shape index (κ2) is 36.2. The van der Waals surface area contributed by atoms with E-state index in [0.717, 1.165) is 126 Å². The molecule has 466 valence electrons. The third-order valence-corrected chi connectivity index (χ3v) is 17.7. The van der Waals surface area contributed by atoms with E-state index >= 15 is 0 Å². The number of nitrogens with two attached hydrogens (primary N) is 1. The number of hydrogen-bond acceptors (Lipinski definition) is 6. The molecule has 2 aliphatic rings. The molecule has 0 aliphatic carbocycles. The van der Waals surface area contributed by atoms with Gasteiger partial charge < -0.3 is 29.9 Å². The molecule has 0 saturated heterocycles. The Hall–Kier alpha value is -7.32. The normalized spacial score (nSPS) is 11.9. The molecule has 0 radical (unpaired) electrons. The maximum atomic E-state index is 6.39. The van der Waals surface area contributed by atoms with Gasteiger partial charge in [0.25, 0.3) is 0 Å². The first-order valence-electron chi connectivity index (χ1n) is 34.7. The lowest BCUT2D eigenvalue weighted by Crippen LogP contribution is -1.97. The van der Waals surface area contributed by atoms with E-state index in [-0.39, 0.29) is 0 Å². The van der Waals surface area contributed by atoms with Crippen LogP contribution in [0.15, 0.2) is 121 Å². The third-order valence-electron chi connectivity index (χ3n) is 17.7. The Balaban J connectivity index is 1.05. The zero-order valence-electron chi connectivity index (χ0n) is 53.9. The second-order valence-corrected chi connectivity index (χ2v) is 24.8. The van der Waals surface area contributed by atoms with Crippen LogP contribution in [-0.4, -0.2) is 39.8 Å². The van der Waals surface area contributed by atoms with Gasteiger partial charge in [0.1, 0.15) is 17.2 Å². The lowest BCUT2D eigenvalue weighted by Gasteiger charge is -2.10. The zero-order chi connectivity index (χ0) is 60.8.